The topological polar surface area (TPSA) is 64.3 Å². The molecule has 6 heteroatoms. The van der Waals surface area contributed by atoms with Gasteiger partial charge >= 0.3 is 0 Å². The average molecular weight is 299 g/mol. The molecule has 1 atom stereocenters. The molecule has 1 saturated heterocycles. The summed E-state index contributed by atoms with van der Waals surface area (Å²) in [6.45, 7) is 0.708. The summed E-state index contributed by atoms with van der Waals surface area (Å²) in [5.41, 5.74) is 6.14. The fourth-order valence-electron chi connectivity index (χ4n) is 1.96. The van der Waals surface area contributed by atoms with Gasteiger partial charge in [-0.15, -0.1) is 0 Å². The van der Waals surface area contributed by atoms with Crippen LogP contribution in [0.2, 0.25) is 5.02 Å². The van der Waals surface area contributed by atoms with Crippen molar-refractivity contribution in [1.82, 2.24) is 5.32 Å². The molecule has 3 N–H and O–H groups in total. The van der Waals surface area contributed by atoms with Gasteiger partial charge < -0.3 is 15.8 Å². The van der Waals surface area contributed by atoms with Gasteiger partial charge in [-0.2, -0.15) is 0 Å². The van der Waals surface area contributed by atoms with E-state index in [-0.39, 0.29) is 10.9 Å². The fraction of sp³-hybridized carbons (Fsp3) is 0.385. The van der Waals surface area contributed by atoms with Crippen molar-refractivity contribution in [2.24, 2.45) is 5.73 Å². The van der Waals surface area contributed by atoms with E-state index < -0.39 is 6.10 Å². The first kappa shape index (κ1) is 14.1. The van der Waals surface area contributed by atoms with Crippen molar-refractivity contribution in [2.45, 2.75) is 25.4 Å². The highest BCUT2D eigenvalue weighted by molar-refractivity contribution is 7.80. The highest BCUT2D eigenvalue weighted by atomic mass is 35.5. The molecule has 0 aromatic heterocycles. The van der Waals surface area contributed by atoms with Crippen LogP contribution in [-0.4, -0.2) is 23.5 Å². The quantitative estimate of drug-likeness (QED) is 0.838. The number of nitrogens with one attached hydrogen (secondary N) is 1. The molecule has 1 fully saturated rings. The van der Waals surface area contributed by atoms with Crippen LogP contribution in [0.5, 0.6) is 5.75 Å². The molecule has 102 valence electrons. The van der Waals surface area contributed by atoms with Crippen LogP contribution in [0.4, 0.5) is 0 Å². The van der Waals surface area contributed by atoms with Gasteiger partial charge in [0.1, 0.15) is 10.7 Å². The second-order valence-electron chi connectivity index (χ2n) is 4.40. The first-order valence-corrected chi connectivity index (χ1v) is 6.90. The number of halogens is 1. The molecule has 1 aromatic carbocycles. The number of hydrogen-bond acceptors (Lipinski definition) is 3. The Morgan fingerprint density at radius 2 is 2.26 bits per heavy atom. The van der Waals surface area contributed by atoms with Crippen LogP contribution >= 0.6 is 23.8 Å². The number of amides is 1. The van der Waals surface area contributed by atoms with Crippen LogP contribution in [-0.2, 0) is 4.79 Å². The molecule has 1 aliphatic rings. The van der Waals surface area contributed by atoms with Crippen LogP contribution in [0.3, 0.4) is 0 Å². The molecule has 0 bridgehead atoms. The maximum absolute atomic E-state index is 11.8. The second-order valence-corrected chi connectivity index (χ2v) is 5.25. The highest BCUT2D eigenvalue weighted by Crippen LogP contribution is 2.24. The van der Waals surface area contributed by atoms with Crippen molar-refractivity contribution in [1.29, 1.82) is 0 Å². The minimum atomic E-state index is -0.464. The Bertz CT molecular complexity index is 507. The van der Waals surface area contributed by atoms with E-state index in [0.29, 0.717) is 29.3 Å². The van der Waals surface area contributed by atoms with Gasteiger partial charge in [0.15, 0.2) is 6.10 Å². The number of thiocarbonyl (C=S) groups is 1. The number of carbonyl (C=O) groups excluding carboxylic acids is 1. The molecule has 4 nitrogen and oxygen atoms in total. The lowest BCUT2D eigenvalue weighted by Crippen LogP contribution is -2.36. The molecule has 1 heterocycles. The molecule has 1 aliphatic heterocycles. The Labute approximate surface area is 122 Å². The largest absolute Gasteiger partial charge is 0.481 e. The minimum absolute atomic E-state index is 0.0768. The average Bonchev–Trinajstić information content (AvgIpc) is 2.55. The number of carbonyl (C=O) groups is 1. The Hall–Kier alpha value is -1.33. The summed E-state index contributed by atoms with van der Waals surface area (Å²) in [6, 6.07) is 5.06. The maximum Gasteiger partial charge on any atom is 0.261 e. The van der Waals surface area contributed by atoms with E-state index in [0.717, 1.165) is 12.8 Å². The zero-order valence-electron chi connectivity index (χ0n) is 10.3. The van der Waals surface area contributed by atoms with Crippen LogP contribution in [0.25, 0.3) is 0 Å². The van der Waals surface area contributed by atoms with Crippen molar-refractivity contribution in [2.75, 3.05) is 6.54 Å². The van der Waals surface area contributed by atoms with Crippen molar-refractivity contribution in [3.63, 3.8) is 0 Å². The zero-order chi connectivity index (χ0) is 13.8. The van der Waals surface area contributed by atoms with Gasteiger partial charge in [-0.1, -0.05) is 23.8 Å². The Morgan fingerprint density at radius 3 is 2.95 bits per heavy atom. The minimum Gasteiger partial charge on any atom is -0.481 e. The van der Waals surface area contributed by atoms with Gasteiger partial charge in [-0.3, -0.25) is 4.79 Å². The third kappa shape index (κ3) is 3.58. The van der Waals surface area contributed by atoms with E-state index in [1.165, 1.54) is 0 Å². The van der Waals surface area contributed by atoms with E-state index >= 15 is 0 Å². The summed E-state index contributed by atoms with van der Waals surface area (Å²) in [4.78, 5) is 12.0. The highest BCUT2D eigenvalue weighted by Gasteiger charge is 2.22. The second kappa shape index (κ2) is 6.21. The molecule has 19 heavy (non-hydrogen) atoms. The fourth-order valence-corrected chi connectivity index (χ4v) is 2.46. The predicted octanol–water partition coefficient (Wildman–Crippen LogP) is 2.02. The van der Waals surface area contributed by atoms with Crippen LogP contribution in [0.15, 0.2) is 18.2 Å². The molecular formula is C13H15ClN2O2S. The van der Waals surface area contributed by atoms with Crippen molar-refractivity contribution in [3.05, 3.63) is 28.8 Å². The van der Waals surface area contributed by atoms with Gasteiger partial charge in [-0.05, 0) is 37.5 Å². The summed E-state index contributed by atoms with van der Waals surface area (Å²) >= 11 is 10.9. The smallest absolute Gasteiger partial charge is 0.261 e. The molecule has 0 aliphatic carbocycles. The first-order valence-electron chi connectivity index (χ1n) is 6.11. The first-order chi connectivity index (χ1) is 9.08. The number of nitrogens with two attached hydrogens (primary N) is 1. The lowest BCUT2D eigenvalue weighted by Gasteiger charge is -2.16. The molecule has 1 aromatic rings. The van der Waals surface area contributed by atoms with Gasteiger partial charge in [0.05, 0.1) is 5.02 Å². The molecular weight excluding hydrogens is 284 g/mol. The normalized spacial score (nSPS) is 19.4. The monoisotopic (exact) mass is 298 g/mol. The van der Waals surface area contributed by atoms with E-state index in [9.17, 15) is 4.79 Å². The third-order valence-corrected chi connectivity index (χ3v) is 3.50. The third-order valence-electron chi connectivity index (χ3n) is 2.97. The van der Waals surface area contributed by atoms with Gasteiger partial charge in [0.2, 0.25) is 0 Å². The Balaban J connectivity index is 2.12. The predicted molar refractivity (Wildman–Crippen MR) is 78.6 cm³/mol. The molecule has 2 rings (SSSR count). The van der Waals surface area contributed by atoms with E-state index in [2.05, 4.69) is 5.32 Å². The Kier molecular flexibility index (Phi) is 4.61. The number of hydrogen-bond donors (Lipinski definition) is 2. The van der Waals surface area contributed by atoms with E-state index in [1.807, 2.05) is 0 Å². The van der Waals surface area contributed by atoms with Crippen molar-refractivity contribution >= 4 is 34.7 Å². The number of rotatable bonds is 3. The molecule has 0 saturated carbocycles. The van der Waals surface area contributed by atoms with Crippen LogP contribution in [0, 0.1) is 0 Å². The molecule has 0 radical (unpaired) electrons. The summed E-state index contributed by atoms with van der Waals surface area (Å²) in [6.07, 6.45) is 2.18. The lowest BCUT2D eigenvalue weighted by molar-refractivity contribution is -0.127. The standard InChI is InChI=1S/C13H15ClN2O2S/c14-10-7-8(4-5-9(10)12(15)19)18-11-3-1-2-6-16-13(11)17/h4-5,7,11H,1-3,6H2,(H2,15,19)(H,16,17). The van der Waals surface area contributed by atoms with E-state index in [4.69, 9.17) is 34.3 Å². The van der Waals surface area contributed by atoms with Crippen molar-refractivity contribution in [3.8, 4) is 5.75 Å². The molecule has 1 amide bonds. The molecule has 0 spiro atoms. The Morgan fingerprint density at radius 1 is 1.47 bits per heavy atom. The lowest BCUT2D eigenvalue weighted by atomic mass is 10.1. The SMILES string of the molecule is NC(=S)c1ccc(OC2CCCCNC2=O)cc1Cl. The zero-order valence-corrected chi connectivity index (χ0v) is 11.9. The van der Waals surface area contributed by atoms with Gasteiger partial charge in [0, 0.05) is 12.1 Å². The summed E-state index contributed by atoms with van der Waals surface area (Å²) in [5.74, 6) is 0.471. The summed E-state index contributed by atoms with van der Waals surface area (Å²) in [5, 5.41) is 3.25. The summed E-state index contributed by atoms with van der Waals surface area (Å²) < 4.78 is 5.68. The van der Waals surface area contributed by atoms with Crippen LogP contribution < -0.4 is 15.8 Å². The van der Waals surface area contributed by atoms with Gasteiger partial charge in [0.25, 0.3) is 5.91 Å². The van der Waals surface area contributed by atoms with Crippen LogP contribution in [0.1, 0.15) is 24.8 Å². The van der Waals surface area contributed by atoms with Gasteiger partial charge in [-0.25, -0.2) is 0 Å². The number of benzene rings is 1. The summed E-state index contributed by atoms with van der Waals surface area (Å²) in [7, 11) is 0. The van der Waals surface area contributed by atoms with Crippen molar-refractivity contribution < 1.29 is 9.53 Å². The maximum atomic E-state index is 11.8. The van der Waals surface area contributed by atoms with E-state index in [1.54, 1.807) is 18.2 Å². The molecule has 1 unspecified atom stereocenters. The number of ether oxygens (including phenoxy) is 1.